The Labute approximate surface area is 102 Å². The Kier molecular flexibility index (Phi) is 5.19. The number of hydrogen-bond donors (Lipinski definition) is 1. The van der Waals surface area contributed by atoms with E-state index in [1.54, 1.807) is 4.90 Å². The van der Waals surface area contributed by atoms with Crippen molar-refractivity contribution < 1.29 is 14.7 Å². The zero-order valence-corrected chi connectivity index (χ0v) is 10.6. The van der Waals surface area contributed by atoms with Crippen molar-refractivity contribution >= 4 is 11.9 Å². The molecule has 4 heteroatoms. The minimum absolute atomic E-state index is 0.142. The number of amides is 1. The summed E-state index contributed by atoms with van der Waals surface area (Å²) in [7, 11) is 0. The summed E-state index contributed by atoms with van der Waals surface area (Å²) in [5.74, 6) is 0.389. The predicted molar refractivity (Wildman–Crippen MR) is 65.5 cm³/mol. The van der Waals surface area contributed by atoms with Crippen molar-refractivity contribution in [3.05, 3.63) is 12.2 Å². The molecule has 1 heterocycles. The van der Waals surface area contributed by atoms with Gasteiger partial charge in [0.15, 0.2) is 0 Å². The molecule has 17 heavy (non-hydrogen) atoms. The number of carbonyl (C=O) groups is 2. The summed E-state index contributed by atoms with van der Waals surface area (Å²) in [6.45, 7) is 5.53. The van der Waals surface area contributed by atoms with E-state index in [1.807, 2.05) is 0 Å². The van der Waals surface area contributed by atoms with Crippen LogP contribution in [0.4, 0.5) is 0 Å². The molecule has 1 unspecified atom stereocenters. The Hall–Kier alpha value is -1.32. The lowest BCUT2D eigenvalue weighted by Gasteiger charge is -2.20. The first kappa shape index (κ1) is 13.7. The van der Waals surface area contributed by atoms with Crippen LogP contribution in [0.3, 0.4) is 0 Å². The van der Waals surface area contributed by atoms with Crippen LogP contribution in [0.1, 0.15) is 33.1 Å². The van der Waals surface area contributed by atoms with Crippen LogP contribution in [0.5, 0.6) is 0 Å². The summed E-state index contributed by atoms with van der Waals surface area (Å²) in [4.78, 5) is 23.9. The van der Waals surface area contributed by atoms with Crippen LogP contribution in [-0.4, -0.2) is 35.0 Å². The third-order valence-electron chi connectivity index (χ3n) is 3.38. The molecule has 0 radical (unpaired) electrons. The fourth-order valence-corrected chi connectivity index (χ4v) is 2.20. The van der Waals surface area contributed by atoms with E-state index in [4.69, 9.17) is 5.11 Å². The van der Waals surface area contributed by atoms with Gasteiger partial charge in [-0.2, -0.15) is 0 Å². The Morgan fingerprint density at radius 1 is 1.53 bits per heavy atom. The van der Waals surface area contributed by atoms with Gasteiger partial charge in [0.25, 0.3) is 0 Å². The van der Waals surface area contributed by atoms with E-state index >= 15 is 0 Å². The maximum Gasteiger partial charge on any atom is 0.328 e. The van der Waals surface area contributed by atoms with Gasteiger partial charge in [0.2, 0.25) is 5.91 Å². The molecular formula is C13H21NO3. The summed E-state index contributed by atoms with van der Waals surface area (Å²) in [5.41, 5.74) is 0. The van der Waals surface area contributed by atoms with Crippen molar-refractivity contribution in [3.63, 3.8) is 0 Å². The van der Waals surface area contributed by atoms with E-state index in [9.17, 15) is 9.59 Å². The van der Waals surface area contributed by atoms with Gasteiger partial charge in [-0.1, -0.05) is 19.9 Å². The fraction of sp³-hybridized carbons (Fsp3) is 0.692. The smallest absolute Gasteiger partial charge is 0.328 e. The summed E-state index contributed by atoms with van der Waals surface area (Å²) in [6, 6.07) is 0. The highest BCUT2D eigenvalue weighted by Crippen LogP contribution is 2.24. The first-order chi connectivity index (χ1) is 8.00. The predicted octanol–water partition coefficient (Wildman–Crippen LogP) is 1.91. The van der Waals surface area contributed by atoms with E-state index in [2.05, 4.69) is 13.8 Å². The van der Waals surface area contributed by atoms with E-state index < -0.39 is 5.97 Å². The van der Waals surface area contributed by atoms with Gasteiger partial charge in [-0.25, -0.2) is 4.79 Å². The maximum atomic E-state index is 11.8. The molecule has 1 saturated heterocycles. The normalized spacial score (nSPS) is 22.2. The first-order valence-electron chi connectivity index (χ1n) is 6.18. The van der Waals surface area contributed by atoms with Crippen molar-refractivity contribution in [2.24, 2.45) is 11.8 Å². The van der Waals surface area contributed by atoms with Gasteiger partial charge in [-0.05, 0) is 24.7 Å². The zero-order chi connectivity index (χ0) is 12.8. The molecule has 1 atom stereocenters. The molecule has 1 fully saturated rings. The molecule has 0 bridgehead atoms. The molecule has 0 aromatic rings. The largest absolute Gasteiger partial charge is 0.478 e. The molecule has 1 aliphatic rings. The Balaban J connectivity index is 2.50. The number of rotatable bonds is 4. The Bertz CT molecular complexity index is 310. The molecule has 0 aromatic heterocycles. The number of nitrogens with zero attached hydrogens (tertiary/aromatic N) is 1. The van der Waals surface area contributed by atoms with Crippen molar-refractivity contribution in [2.45, 2.75) is 33.1 Å². The van der Waals surface area contributed by atoms with Gasteiger partial charge in [-0.15, -0.1) is 0 Å². The van der Waals surface area contributed by atoms with Gasteiger partial charge in [0, 0.05) is 25.6 Å². The minimum Gasteiger partial charge on any atom is -0.478 e. The topological polar surface area (TPSA) is 57.6 Å². The molecule has 0 spiro atoms. The van der Waals surface area contributed by atoms with Crippen LogP contribution in [0.15, 0.2) is 12.2 Å². The molecule has 0 saturated carbocycles. The Morgan fingerprint density at radius 2 is 2.24 bits per heavy atom. The highest BCUT2D eigenvalue weighted by Gasteiger charge is 2.23. The summed E-state index contributed by atoms with van der Waals surface area (Å²) < 4.78 is 0. The van der Waals surface area contributed by atoms with Crippen LogP contribution in [0, 0.1) is 11.8 Å². The van der Waals surface area contributed by atoms with E-state index in [1.165, 1.54) is 6.08 Å². The molecule has 1 N–H and O–H groups in total. The van der Waals surface area contributed by atoms with E-state index in [0.29, 0.717) is 24.8 Å². The second kappa shape index (κ2) is 6.42. The van der Waals surface area contributed by atoms with Crippen LogP contribution in [0.25, 0.3) is 0 Å². The monoisotopic (exact) mass is 239 g/mol. The van der Waals surface area contributed by atoms with Gasteiger partial charge in [0.1, 0.15) is 0 Å². The standard InChI is InChI=1S/C13H21NO3/c1-10(2)11-5-6-12(15)14(9-7-11)8-3-4-13(16)17/h3-4,10-11H,5-9H2,1-2H3,(H,16,17)/b4-3+. The summed E-state index contributed by atoms with van der Waals surface area (Å²) in [5, 5.41) is 8.49. The van der Waals surface area contributed by atoms with Crippen molar-refractivity contribution in [2.75, 3.05) is 13.1 Å². The van der Waals surface area contributed by atoms with Crippen molar-refractivity contribution in [1.82, 2.24) is 4.90 Å². The molecule has 4 nitrogen and oxygen atoms in total. The van der Waals surface area contributed by atoms with Gasteiger partial charge in [0.05, 0.1) is 0 Å². The number of hydrogen-bond acceptors (Lipinski definition) is 2. The van der Waals surface area contributed by atoms with Crippen molar-refractivity contribution in [3.8, 4) is 0 Å². The number of likely N-dealkylation sites (tertiary alicyclic amines) is 1. The number of aliphatic carboxylic acids is 1. The van der Waals surface area contributed by atoms with Gasteiger partial charge in [-0.3, -0.25) is 4.79 Å². The fourth-order valence-electron chi connectivity index (χ4n) is 2.20. The maximum absolute atomic E-state index is 11.8. The molecule has 96 valence electrons. The van der Waals surface area contributed by atoms with Crippen LogP contribution < -0.4 is 0 Å². The van der Waals surface area contributed by atoms with E-state index in [-0.39, 0.29) is 5.91 Å². The molecule has 0 aliphatic carbocycles. The second-order valence-electron chi connectivity index (χ2n) is 4.91. The lowest BCUT2D eigenvalue weighted by atomic mass is 9.89. The SMILES string of the molecule is CC(C)C1CCC(=O)N(C/C=C/C(=O)O)CC1. The number of carboxylic acids is 1. The summed E-state index contributed by atoms with van der Waals surface area (Å²) >= 11 is 0. The highest BCUT2D eigenvalue weighted by molar-refractivity contribution is 5.80. The molecule has 1 aliphatic heterocycles. The average molecular weight is 239 g/mol. The molecule has 0 aromatic carbocycles. The second-order valence-corrected chi connectivity index (χ2v) is 4.91. The van der Waals surface area contributed by atoms with Crippen LogP contribution >= 0.6 is 0 Å². The number of carbonyl (C=O) groups excluding carboxylic acids is 1. The molecule has 1 rings (SSSR count). The highest BCUT2D eigenvalue weighted by atomic mass is 16.4. The quantitative estimate of drug-likeness (QED) is 0.762. The van der Waals surface area contributed by atoms with Crippen molar-refractivity contribution in [1.29, 1.82) is 0 Å². The summed E-state index contributed by atoms with van der Waals surface area (Å²) in [6.07, 6.45) is 5.19. The van der Waals surface area contributed by atoms with Gasteiger partial charge < -0.3 is 10.0 Å². The van der Waals surface area contributed by atoms with E-state index in [0.717, 1.165) is 25.5 Å². The minimum atomic E-state index is -0.965. The lowest BCUT2D eigenvalue weighted by molar-refractivity contribution is -0.132. The average Bonchev–Trinajstić information content (AvgIpc) is 2.41. The lowest BCUT2D eigenvalue weighted by Crippen LogP contribution is -2.30. The molecule has 1 amide bonds. The Morgan fingerprint density at radius 3 is 2.82 bits per heavy atom. The van der Waals surface area contributed by atoms with Crippen LogP contribution in [-0.2, 0) is 9.59 Å². The number of carboxylic acid groups (broad SMARTS) is 1. The molecular weight excluding hydrogens is 218 g/mol. The zero-order valence-electron chi connectivity index (χ0n) is 10.6. The van der Waals surface area contributed by atoms with Gasteiger partial charge >= 0.3 is 5.97 Å². The van der Waals surface area contributed by atoms with Crippen LogP contribution in [0.2, 0.25) is 0 Å². The first-order valence-corrected chi connectivity index (χ1v) is 6.18. The third-order valence-corrected chi connectivity index (χ3v) is 3.38. The third kappa shape index (κ3) is 4.59.